The maximum Gasteiger partial charge on any atom is 0.233 e. The Morgan fingerprint density at radius 2 is 2.10 bits per heavy atom. The molecule has 9 nitrogen and oxygen atoms in total. The first-order valence-corrected chi connectivity index (χ1v) is 10.9. The molecule has 1 saturated carbocycles. The maximum atomic E-state index is 13.9. The van der Waals surface area contributed by atoms with E-state index in [1.54, 1.807) is 12.5 Å². The quantitative estimate of drug-likeness (QED) is 0.323. The number of amides is 1. The molecule has 1 N–H and O–H groups in total. The number of nitrogens with one attached hydrogen (secondary N) is 1. The molecule has 1 aliphatic heterocycles. The Kier molecular flexibility index (Phi) is 6.50. The van der Waals surface area contributed by atoms with E-state index in [4.69, 9.17) is 10.3 Å². The summed E-state index contributed by atoms with van der Waals surface area (Å²) in [6.45, 7) is 3.13. The van der Waals surface area contributed by atoms with Crippen LogP contribution in [0.3, 0.4) is 0 Å². The van der Waals surface area contributed by atoms with E-state index in [0.29, 0.717) is 25.7 Å². The van der Waals surface area contributed by atoms with E-state index in [1.807, 2.05) is 6.20 Å². The van der Waals surface area contributed by atoms with Crippen LogP contribution in [0.2, 0.25) is 0 Å². The number of piperidine rings is 1. The van der Waals surface area contributed by atoms with Crippen molar-refractivity contribution in [2.75, 3.05) is 32.8 Å². The van der Waals surface area contributed by atoms with Gasteiger partial charge in [0.2, 0.25) is 5.91 Å². The van der Waals surface area contributed by atoms with Gasteiger partial charge in [-0.25, -0.2) is 4.98 Å². The second kappa shape index (κ2) is 9.45. The zero-order chi connectivity index (χ0) is 20.8. The molecule has 1 amide bonds. The number of rotatable bonds is 7. The number of aromatic amines is 1. The maximum absolute atomic E-state index is 13.9. The van der Waals surface area contributed by atoms with Crippen molar-refractivity contribution in [2.24, 2.45) is 11.0 Å². The van der Waals surface area contributed by atoms with E-state index in [-0.39, 0.29) is 5.91 Å². The van der Waals surface area contributed by atoms with Gasteiger partial charge in [-0.3, -0.25) is 9.78 Å². The molecule has 0 spiro atoms. The largest absolute Gasteiger partial charge is 0.381 e. The lowest BCUT2D eigenvalue weighted by Crippen LogP contribution is -2.50. The topological polar surface area (TPSA) is 120 Å². The van der Waals surface area contributed by atoms with Crippen molar-refractivity contribution >= 4 is 16.9 Å². The Morgan fingerprint density at radius 3 is 2.87 bits per heavy atom. The number of carbonyl (C=O) groups is 1. The fourth-order valence-electron chi connectivity index (χ4n) is 4.96. The van der Waals surface area contributed by atoms with Crippen LogP contribution < -0.4 is 0 Å². The van der Waals surface area contributed by atoms with Crippen molar-refractivity contribution in [3.05, 3.63) is 34.7 Å². The second-order valence-electron chi connectivity index (χ2n) is 8.39. The van der Waals surface area contributed by atoms with Crippen molar-refractivity contribution < 1.29 is 9.53 Å². The van der Waals surface area contributed by atoms with Gasteiger partial charge in [-0.15, -0.1) is 0 Å². The summed E-state index contributed by atoms with van der Waals surface area (Å²) in [5.41, 5.74) is 10.5. The smallest absolute Gasteiger partial charge is 0.233 e. The lowest BCUT2D eigenvalue weighted by molar-refractivity contribution is -0.140. The van der Waals surface area contributed by atoms with Crippen LogP contribution in [0.25, 0.3) is 21.5 Å². The monoisotopic (exact) mass is 411 g/mol. The molecule has 3 heterocycles. The molecule has 0 atom stereocenters. The number of likely N-dealkylation sites (tertiary alicyclic amines) is 1. The van der Waals surface area contributed by atoms with Gasteiger partial charge in [0.25, 0.3) is 0 Å². The summed E-state index contributed by atoms with van der Waals surface area (Å²) in [5, 5.41) is 3.51. The van der Waals surface area contributed by atoms with Gasteiger partial charge < -0.3 is 14.6 Å². The summed E-state index contributed by atoms with van der Waals surface area (Å²) in [6, 6.07) is 0. The Morgan fingerprint density at radius 1 is 1.30 bits per heavy atom. The highest BCUT2D eigenvalue weighted by atomic mass is 16.5. The van der Waals surface area contributed by atoms with Gasteiger partial charge in [-0.2, -0.15) is 0 Å². The predicted octanol–water partition coefficient (Wildman–Crippen LogP) is 3.73. The average molecular weight is 412 g/mol. The molecule has 4 rings (SSSR count). The van der Waals surface area contributed by atoms with Crippen LogP contribution in [0.15, 0.2) is 23.8 Å². The van der Waals surface area contributed by atoms with Crippen molar-refractivity contribution in [1.82, 2.24) is 19.9 Å². The van der Waals surface area contributed by atoms with Gasteiger partial charge in [-0.05, 0) is 56.4 Å². The van der Waals surface area contributed by atoms with Gasteiger partial charge in [-0.1, -0.05) is 5.11 Å². The molecule has 0 aromatic carbocycles. The Hall–Kier alpha value is -2.64. The van der Waals surface area contributed by atoms with Crippen LogP contribution >= 0.6 is 0 Å². The Labute approximate surface area is 175 Å². The van der Waals surface area contributed by atoms with Gasteiger partial charge in [0.1, 0.15) is 5.52 Å². The molecular formula is C21H29N7O2. The molecule has 0 unspecified atom stereocenters. The lowest BCUT2D eigenvalue weighted by Gasteiger charge is -2.43. The molecule has 2 aromatic rings. The zero-order valence-electron chi connectivity index (χ0n) is 17.3. The average Bonchev–Trinajstić information content (AvgIpc) is 3.29. The first-order valence-electron chi connectivity index (χ1n) is 10.9. The van der Waals surface area contributed by atoms with Crippen LogP contribution in [-0.2, 0) is 14.9 Å². The number of azide groups is 1. The van der Waals surface area contributed by atoms with E-state index in [9.17, 15) is 4.79 Å². The summed E-state index contributed by atoms with van der Waals surface area (Å²) in [6.07, 6.45) is 12.1. The molecule has 1 saturated heterocycles. The molecule has 1 aliphatic carbocycles. The van der Waals surface area contributed by atoms with Crippen LogP contribution in [0, 0.1) is 5.92 Å². The SMILES string of the molecule is [N-]=[N+]=NCCOCC1CCC(C(=O)N2CCCCC2)(c2cncc3nc[nH]c23)CC1. The fourth-order valence-corrected chi connectivity index (χ4v) is 4.96. The van der Waals surface area contributed by atoms with Crippen molar-refractivity contribution in [3.8, 4) is 0 Å². The molecule has 0 bridgehead atoms. The molecule has 2 fully saturated rings. The third-order valence-electron chi connectivity index (χ3n) is 6.62. The minimum absolute atomic E-state index is 0.244. The molecular weight excluding hydrogens is 382 g/mol. The number of carbonyl (C=O) groups excluding carboxylic acids is 1. The normalized spacial score (nSPS) is 24.5. The molecule has 30 heavy (non-hydrogen) atoms. The molecule has 0 radical (unpaired) electrons. The van der Waals surface area contributed by atoms with Crippen molar-refractivity contribution in [2.45, 2.75) is 50.4 Å². The van der Waals surface area contributed by atoms with Crippen molar-refractivity contribution in [3.63, 3.8) is 0 Å². The van der Waals surface area contributed by atoms with Crippen molar-refractivity contribution in [1.29, 1.82) is 0 Å². The molecule has 160 valence electrons. The van der Waals surface area contributed by atoms with E-state index in [1.165, 1.54) is 6.42 Å². The van der Waals surface area contributed by atoms with Gasteiger partial charge >= 0.3 is 0 Å². The number of H-pyrrole nitrogens is 1. The van der Waals surface area contributed by atoms with E-state index in [2.05, 4.69) is 29.9 Å². The summed E-state index contributed by atoms with van der Waals surface area (Å²) in [5.74, 6) is 0.654. The number of pyridine rings is 1. The summed E-state index contributed by atoms with van der Waals surface area (Å²) < 4.78 is 5.69. The van der Waals surface area contributed by atoms with Gasteiger partial charge in [0.15, 0.2) is 0 Å². The van der Waals surface area contributed by atoms with E-state index >= 15 is 0 Å². The standard InChI is InChI=1S/C21H29N7O2/c22-27-26-8-11-30-14-16-4-6-21(7-5-16,20(29)28-9-2-1-3-10-28)17-12-23-13-18-19(17)25-15-24-18/h12-13,15-16H,1-11,14H2,(H,24,25). The number of hydrogen-bond acceptors (Lipinski definition) is 5. The molecule has 9 heteroatoms. The minimum Gasteiger partial charge on any atom is -0.381 e. The number of imidazole rings is 1. The highest BCUT2D eigenvalue weighted by Gasteiger charge is 2.46. The Balaban J connectivity index is 1.54. The third kappa shape index (κ3) is 4.13. The molecule has 2 aromatic heterocycles. The Bertz CT molecular complexity index is 907. The first kappa shape index (κ1) is 20.6. The highest BCUT2D eigenvalue weighted by molar-refractivity contribution is 5.93. The highest BCUT2D eigenvalue weighted by Crippen LogP contribution is 2.45. The number of ether oxygens (including phenoxy) is 1. The van der Waals surface area contributed by atoms with Gasteiger partial charge in [0, 0.05) is 42.9 Å². The number of aromatic nitrogens is 3. The summed E-state index contributed by atoms with van der Waals surface area (Å²) in [4.78, 5) is 30.7. The number of fused-ring (bicyclic) bond motifs is 1. The van der Waals surface area contributed by atoms with Crippen LogP contribution in [0.1, 0.15) is 50.5 Å². The fraction of sp³-hybridized carbons (Fsp3) is 0.667. The first-order chi connectivity index (χ1) is 14.7. The molecule has 2 aliphatic rings. The summed E-state index contributed by atoms with van der Waals surface area (Å²) in [7, 11) is 0. The third-order valence-corrected chi connectivity index (χ3v) is 6.62. The van der Waals surface area contributed by atoms with E-state index < -0.39 is 5.41 Å². The van der Waals surface area contributed by atoms with Crippen LogP contribution in [0.4, 0.5) is 0 Å². The van der Waals surface area contributed by atoms with Gasteiger partial charge in [0.05, 0.1) is 30.1 Å². The summed E-state index contributed by atoms with van der Waals surface area (Å²) >= 11 is 0. The van der Waals surface area contributed by atoms with E-state index in [0.717, 1.165) is 68.2 Å². The zero-order valence-corrected chi connectivity index (χ0v) is 17.3. The van der Waals surface area contributed by atoms with Crippen LogP contribution in [0.5, 0.6) is 0 Å². The van der Waals surface area contributed by atoms with Crippen LogP contribution in [-0.4, -0.2) is 58.6 Å². The number of hydrogen-bond donors (Lipinski definition) is 1. The second-order valence-corrected chi connectivity index (χ2v) is 8.39. The lowest BCUT2D eigenvalue weighted by atomic mass is 9.65. The predicted molar refractivity (Wildman–Crippen MR) is 113 cm³/mol. The number of nitrogens with zero attached hydrogens (tertiary/aromatic N) is 6. The minimum atomic E-state index is -0.558.